The van der Waals surface area contributed by atoms with Crippen LogP contribution < -0.4 is 15.8 Å². The maximum absolute atomic E-state index is 13.3. The number of piperidine rings is 1. The van der Waals surface area contributed by atoms with Crippen molar-refractivity contribution in [2.75, 3.05) is 18.0 Å². The summed E-state index contributed by atoms with van der Waals surface area (Å²) >= 11 is 1.46. The van der Waals surface area contributed by atoms with E-state index in [0.717, 1.165) is 59.3 Å². The Morgan fingerprint density at radius 2 is 1.97 bits per heavy atom. The van der Waals surface area contributed by atoms with Gasteiger partial charge in [-0.2, -0.15) is 13.2 Å². The van der Waals surface area contributed by atoms with Gasteiger partial charge in [-0.3, -0.25) is 9.69 Å². The van der Waals surface area contributed by atoms with Crippen LogP contribution in [0.4, 0.5) is 24.1 Å². The van der Waals surface area contributed by atoms with Gasteiger partial charge in [0, 0.05) is 33.9 Å². The molecular weight excluding hydrogens is 439 g/mol. The second kappa shape index (κ2) is 9.03. The van der Waals surface area contributed by atoms with Crippen LogP contribution in [-0.2, 0) is 12.6 Å². The number of halogens is 3. The van der Waals surface area contributed by atoms with E-state index in [-0.39, 0.29) is 17.5 Å². The van der Waals surface area contributed by atoms with Gasteiger partial charge >= 0.3 is 6.18 Å². The Labute approximate surface area is 187 Å². The van der Waals surface area contributed by atoms with Crippen LogP contribution in [0.2, 0.25) is 0 Å². The normalized spacial score (nSPS) is 15.2. The molecule has 0 aromatic carbocycles. The number of aromatic nitrogens is 3. The molecule has 2 N–H and O–H groups in total. The van der Waals surface area contributed by atoms with Crippen molar-refractivity contribution in [2.45, 2.75) is 45.3 Å². The quantitative estimate of drug-likeness (QED) is 0.575. The van der Waals surface area contributed by atoms with E-state index < -0.39 is 11.9 Å². The van der Waals surface area contributed by atoms with Crippen LogP contribution in [0, 0.1) is 6.92 Å². The minimum absolute atomic E-state index is 0.0193. The summed E-state index contributed by atoms with van der Waals surface area (Å²) in [6.07, 6.45) is -1.23. The highest BCUT2D eigenvalue weighted by Crippen LogP contribution is 2.40. The number of nitrogens with zero attached hydrogens (tertiary/aromatic N) is 3. The molecule has 1 aliphatic rings. The standard InChI is InChI=1S/C22H24F3N5OS/c1-3-14-12-16(13(2)28-20(14)31)17-4-5-19(32-17)30(15-6-9-26-10-7-15)21-27-11-8-18(29-21)22(23,24)25/h4-5,8,11-12,15,26H,3,6-7,9-10H2,1-2H3,(H,28,31). The van der Waals surface area contributed by atoms with Crippen LogP contribution in [0.3, 0.4) is 0 Å². The maximum atomic E-state index is 13.3. The Morgan fingerprint density at radius 3 is 2.66 bits per heavy atom. The van der Waals surface area contributed by atoms with Crippen molar-refractivity contribution in [1.82, 2.24) is 20.3 Å². The van der Waals surface area contributed by atoms with Gasteiger partial charge in [0.2, 0.25) is 5.95 Å². The van der Waals surface area contributed by atoms with Crippen molar-refractivity contribution in [3.63, 3.8) is 0 Å². The van der Waals surface area contributed by atoms with Crippen LogP contribution in [0.1, 0.15) is 36.7 Å². The van der Waals surface area contributed by atoms with Crippen molar-refractivity contribution in [3.8, 4) is 10.4 Å². The summed E-state index contributed by atoms with van der Waals surface area (Å²) in [4.78, 5) is 25.8. The van der Waals surface area contributed by atoms with E-state index in [1.54, 1.807) is 0 Å². The Bertz CT molecular complexity index is 1150. The largest absolute Gasteiger partial charge is 0.433 e. The second-order valence-electron chi connectivity index (χ2n) is 7.74. The number of nitrogens with one attached hydrogen (secondary N) is 2. The molecule has 0 saturated carbocycles. The van der Waals surface area contributed by atoms with Crippen molar-refractivity contribution in [3.05, 3.63) is 57.8 Å². The second-order valence-corrected chi connectivity index (χ2v) is 8.81. The first-order valence-corrected chi connectivity index (χ1v) is 11.3. The molecule has 170 valence electrons. The highest BCUT2D eigenvalue weighted by molar-refractivity contribution is 7.19. The predicted octanol–water partition coefficient (Wildman–Crippen LogP) is 4.67. The van der Waals surface area contributed by atoms with Gasteiger partial charge in [0.05, 0.1) is 5.00 Å². The first-order valence-electron chi connectivity index (χ1n) is 10.5. The third kappa shape index (κ3) is 4.56. The van der Waals surface area contributed by atoms with E-state index in [2.05, 4.69) is 20.3 Å². The number of hydrogen-bond acceptors (Lipinski definition) is 6. The molecule has 1 aliphatic heterocycles. The Balaban J connectivity index is 1.77. The molecule has 0 spiro atoms. The van der Waals surface area contributed by atoms with Crippen LogP contribution in [0.5, 0.6) is 0 Å². The number of H-pyrrole nitrogens is 1. The van der Waals surface area contributed by atoms with Gasteiger partial charge in [-0.25, -0.2) is 9.97 Å². The van der Waals surface area contributed by atoms with Crippen LogP contribution in [-0.4, -0.2) is 34.1 Å². The Morgan fingerprint density at radius 1 is 1.22 bits per heavy atom. The summed E-state index contributed by atoms with van der Waals surface area (Å²) < 4.78 is 39.9. The van der Waals surface area contributed by atoms with Gasteiger partial charge in [0.15, 0.2) is 0 Å². The molecule has 3 aromatic rings. The third-order valence-electron chi connectivity index (χ3n) is 5.61. The lowest BCUT2D eigenvalue weighted by atomic mass is 10.1. The van der Waals surface area contributed by atoms with Crippen LogP contribution >= 0.6 is 11.3 Å². The molecule has 10 heteroatoms. The smallest absolute Gasteiger partial charge is 0.326 e. The zero-order valence-electron chi connectivity index (χ0n) is 17.8. The molecule has 4 rings (SSSR count). The SMILES string of the molecule is CCc1cc(-c2ccc(N(c3nccc(C(F)(F)F)n3)C3CCNCC3)s2)c(C)[nH]c1=O. The number of aromatic amines is 1. The van der Waals surface area contributed by atoms with Gasteiger partial charge in [0.25, 0.3) is 5.56 Å². The third-order valence-corrected chi connectivity index (χ3v) is 6.73. The number of anilines is 2. The monoisotopic (exact) mass is 463 g/mol. The summed E-state index contributed by atoms with van der Waals surface area (Å²) in [5.74, 6) is 0.0487. The zero-order valence-corrected chi connectivity index (χ0v) is 18.6. The van der Waals surface area contributed by atoms with Gasteiger partial charge in [0.1, 0.15) is 5.69 Å². The zero-order chi connectivity index (χ0) is 22.9. The molecule has 0 unspecified atom stereocenters. The first kappa shape index (κ1) is 22.5. The maximum Gasteiger partial charge on any atom is 0.433 e. The number of thiophene rings is 1. The fraction of sp³-hybridized carbons (Fsp3) is 0.409. The van der Waals surface area contributed by atoms with E-state index in [0.29, 0.717) is 12.0 Å². The number of pyridine rings is 1. The number of aryl methyl sites for hydroxylation is 2. The highest BCUT2D eigenvalue weighted by Gasteiger charge is 2.34. The molecule has 4 heterocycles. The van der Waals surface area contributed by atoms with E-state index in [9.17, 15) is 18.0 Å². The van der Waals surface area contributed by atoms with Gasteiger partial charge < -0.3 is 10.3 Å². The summed E-state index contributed by atoms with van der Waals surface area (Å²) in [6, 6.07) is 6.58. The summed E-state index contributed by atoms with van der Waals surface area (Å²) in [6.45, 7) is 5.32. The first-order chi connectivity index (χ1) is 15.3. The van der Waals surface area contributed by atoms with Crippen molar-refractivity contribution >= 4 is 22.3 Å². The fourth-order valence-corrected chi connectivity index (χ4v) is 5.06. The summed E-state index contributed by atoms with van der Waals surface area (Å²) in [5.41, 5.74) is 1.30. The van der Waals surface area contributed by atoms with E-state index in [1.807, 2.05) is 36.9 Å². The molecule has 0 radical (unpaired) electrons. The average molecular weight is 464 g/mol. The van der Waals surface area contributed by atoms with E-state index >= 15 is 0 Å². The Hall–Kier alpha value is -2.72. The molecule has 1 saturated heterocycles. The van der Waals surface area contributed by atoms with Crippen molar-refractivity contribution in [2.24, 2.45) is 0 Å². The molecule has 32 heavy (non-hydrogen) atoms. The van der Waals surface area contributed by atoms with Gasteiger partial charge in [-0.05, 0) is 63.5 Å². The molecule has 1 fully saturated rings. The van der Waals surface area contributed by atoms with Gasteiger partial charge in [-0.15, -0.1) is 11.3 Å². The lowest BCUT2D eigenvalue weighted by Crippen LogP contribution is -2.41. The van der Waals surface area contributed by atoms with Gasteiger partial charge in [-0.1, -0.05) is 6.92 Å². The fourth-order valence-electron chi connectivity index (χ4n) is 3.92. The highest BCUT2D eigenvalue weighted by atomic mass is 32.1. The lowest BCUT2D eigenvalue weighted by Gasteiger charge is -2.33. The van der Waals surface area contributed by atoms with Crippen molar-refractivity contribution < 1.29 is 13.2 Å². The summed E-state index contributed by atoms with van der Waals surface area (Å²) in [7, 11) is 0. The molecule has 3 aromatic heterocycles. The lowest BCUT2D eigenvalue weighted by molar-refractivity contribution is -0.141. The van der Waals surface area contributed by atoms with Crippen molar-refractivity contribution in [1.29, 1.82) is 0 Å². The average Bonchev–Trinajstić information content (AvgIpc) is 3.24. The van der Waals surface area contributed by atoms with E-state index in [4.69, 9.17) is 0 Å². The minimum atomic E-state index is -4.54. The van der Waals surface area contributed by atoms with Crippen LogP contribution in [0.25, 0.3) is 10.4 Å². The predicted molar refractivity (Wildman–Crippen MR) is 120 cm³/mol. The summed E-state index contributed by atoms with van der Waals surface area (Å²) in [5, 5.41) is 4.06. The molecule has 0 amide bonds. The number of rotatable bonds is 5. The topological polar surface area (TPSA) is 73.9 Å². The number of alkyl halides is 3. The molecule has 6 nitrogen and oxygen atoms in total. The minimum Gasteiger partial charge on any atom is -0.326 e. The Kier molecular flexibility index (Phi) is 6.34. The van der Waals surface area contributed by atoms with E-state index in [1.165, 1.54) is 11.3 Å². The number of hydrogen-bond donors (Lipinski definition) is 2. The molecular formula is C22H24F3N5OS. The molecule has 0 atom stereocenters. The molecule has 0 aliphatic carbocycles. The molecule has 0 bridgehead atoms. The van der Waals surface area contributed by atoms with Crippen LogP contribution in [0.15, 0.2) is 35.3 Å².